The monoisotopic (exact) mass is 353 g/mol. The average Bonchev–Trinajstić information content (AvgIpc) is 2.44. The Morgan fingerprint density at radius 3 is 2.55 bits per heavy atom. The Hall–Kier alpha value is -1.36. The van der Waals surface area contributed by atoms with Gasteiger partial charge in [0.05, 0.1) is 10.6 Å². The van der Waals surface area contributed by atoms with E-state index >= 15 is 0 Å². The first-order valence-corrected chi connectivity index (χ1v) is 7.23. The Labute approximate surface area is 130 Å². The SMILES string of the molecule is O=C(Nc1ccc(CCO)cc1)c1cc(Br)ccc1Cl. The van der Waals surface area contributed by atoms with E-state index in [1.165, 1.54) is 0 Å². The molecule has 0 heterocycles. The molecule has 0 aliphatic rings. The van der Waals surface area contributed by atoms with Crippen LogP contribution in [0.1, 0.15) is 15.9 Å². The highest BCUT2D eigenvalue weighted by molar-refractivity contribution is 9.10. The van der Waals surface area contributed by atoms with Crippen LogP contribution in [0.2, 0.25) is 5.02 Å². The predicted octanol–water partition coefficient (Wildman–Crippen LogP) is 3.89. The molecule has 5 heteroatoms. The molecule has 0 aliphatic carbocycles. The smallest absolute Gasteiger partial charge is 0.257 e. The van der Waals surface area contributed by atoms with Crippen molar-refractivity contribution in [1.29, 1.82) is 0 Å². The molecule has 1 amide bonds. The van der Waals surface area contributed by atoms with Gasteiger partial charge in [-0.15, -0.1) is 0 Å². The Morgan fingerprint density at radius 1 is 1.20 bits per heavy atom. The number of benzene rings is 2. The van der Waals surface area contributed by atoms with Crippen molar-refractivity contribution in [2.75, 3.05) is 11.9 Å². The molecule has 104 valence electrons. The second kappa shape index (κ2) is 6.88. The van der Waals surface area contributed by atoms with Gasteiger partial charge in [-0.25, -0.2) is 0 Å². The minimum Gasteiger partial charge on any atom is -0.396 e. The van der Waals surface area contributed by atoms with Gasteiger partial charge in [0.2, 0.25) is 0 Å². The Balaban J connectivity index is 2.13. The van der Waals surface area contributed by atoms with E-state index in [0.717, 1.165) is 10.0 Å². The van der Waals surface area contributed by atoms with E-state index in [-0.39, 0.29) is 12.5 Å². The van der Waals surface area contributed by atoms with Gasteiger partial charge >= 0.3 is 0 Å². The Kier molecular flexibility index (Phi) is 5.17. The number of rotatable bonds is 4. The summed E-state index contributed by atoms with van der Waals surface area (Å²) in [5.41, 5.74) is 2.12. The van der Waals surface area contributed by atoms with Crippen LogP contribution in [0.5, 0.6) is 0 Å². The number of carbonyl (C=O) groups excluding carboxylic acids is 1. The topological polar surface area (TPSA) is 49.3 Å². The van der Waals surface area contributed by atoms with Crippen LogP contribution in [-0.4, -0.2) is 17.6 Å². The van der Waals surface area contributed by atoms with Gasteiger partial charge in [-0.05, 0) is 42.3 Å². The van der Waals surface area contributed by atoms with Gasteiger partial charge in [-0.3, -0.25) is 4.79 Å². The molecule has 0 fully saturated rings. The molecule has 2 rings (SSSR count). The van der Waals surface area contributed by atoms with Gasteiger partial charge in [0, 0.05) is 16.8 Å². The summed E-state index contributed by atoms with van der Waals surface area (Å²) in [7, 11) is 0. The number of halogens is 2. The number of hydrogen-bond acceptors (Lipinski definition) is 2. The zero-order chi connectivity index (χ0) is 14.5. The summed E-state index contributed by atoms with van der Waals surface area (Å²) >= 11 is 9.33. The van der Waals surface area contributed by atoms with Crippen molar-refractivity contribution in [2.45, 2.75) is 6.42 Å². The molecule has 2 N–H and O–H groups in total. The Morgan fingerprint density at radius 2 is 1.90 bits per heavy atom. The van der Waals surface area contributed by atoms with Crippen molar-refractivity contribution in [3.8, 4) is 0 Å². The van der Waals surface area contributed by atoms with Gasteiger partial charge in [-0.1, -0.05) is 39.7 Å². The van der Waals surface area contributed by atoms with Gasteiger partial charge in [-0.2, -0.15) is 0 Å². The molecule has 3 nitrogen and oxygen atoms in total. The quantitative estimate of drug-likeness (QED) is 0.875. The van der Waals surface area contributed by atoms with Crippen molar-refractivity contribution in [3.63, 3.8) is 0 Å². The first-order valence-electron chi connectivity index (χ1n) is 6.06. The van der Waals surface area contributed by atoms with Crippen LogP contribution in [0.25, 0.3) is 0 Å². The summed E-state index contributed by atoms with van der Waals surface area (Å²) in [6.07, 6.45) is 0.603. The summed E-state index contributed by atoms with van der Waals surface area (Å²) in [4.78, 5) is 12.1. The van der Waals surface area contributed by atoms with E-state index in [4.69, 9.17) is 16.7 Å². The molecule has 0 bridgehead atoms. The van der Waals surface area contributed by atoms with Crippen molar-refractivity contribution in [2.24, 2.45) is 0 Å². The fourth-order valence-electron chi connectivity index (χ4n) is 1.75. The maximum atomic E-state index is 12.1. The molecule has 0 aromatic heterocycles. The first kappa shape index (κ1) is 15.0. The molecule has 0 atom stereocenters. The maximum absolute atomic E-state index is 12.1. The van der Waals surface area contributed by atoms with E-state index < -0.39 is 0 Å². The lowest BCUT2D eigenvalue weighted by molar-refractivity contribution is 0.102. The fourth-order valence-corrected chi connectivity index (χ4v) is 2.32. The summed E-state index contributed by atoms with van der Waals surface area (Å²) in [6.45, 7) is 0.110. The number of amides is 1. The van der Waals surface area contributed by atoms with Crippen LogP contribution < -0.4 is 5.32 Å². The standard InChI is InChI=1S/C15H13BrClNO2/c16-11-3-6-14(17)13(9-11)15(20)18-12-4-1-10(2-5-12)7-8-19/h1-6,9,19H,7-8H2,(H,18,20). The van der Waals surface area contributed by atoms with E-state index in [9.17, 15) is 4.79 Å². The highest BCUT2D eigenvalue weighted by Crippen LogP contribution is 2.22. The summed E-state index contributed by atoms with van der Waals surface area (Å²) in [5.74, 6) is -0.258. The van der Waals surface area contributed by atoms with E-state index in [1.54, 1.807) is 30.3 Å². The third kappa shape index (κ3) is 3.82. The highest BCUT2D eigenvalue weighted by atomic mass is 79.9. The molecular weight excluding hydrogens is 342 g/mol. The minimum absolute atomic E-state index is 0.110. The predicted molar refractivity (Wildman–Crippen MR) is 84.3 cm³/mol. The first-order chi connectivity index (χ1) is 9.60. The average molecular weight is 355 g/mol. The largest absolute Gasteiger partial charge is 0.396 e. The fraction of sp³-hybridized carbons (Fsp3) is 0.133. The van der Waals surface area contributed by atoms with E-state index in [0.29, 0.717) is 22.7 Å². The van der Waals surface area contributed by atoms with Crippen LogP contribution in [0, 0.1) is 0 Å². The Bertz CT molecular complexity index is 614. The molecule has 2 aromatic rings. The third-order valence-corrected chi connectivity index (χ3v) is 3.61. The summed E-state index contributed by atoms with van der Waals surface area (Å²) in [5, 5.41) is 12.0. The van der Waals surface area contributed by atoms with E-state index in [1.807, 2.05) is 12.1 Å². The number of nitrogens with one attached hydrogen (secondary N) is 1. The maximum Gasteiger partial charge on any atom is 0.257 e. The zero-order valence-electron chi connectivity index (χ0n) is 10.6. The van der Waals surface area contributed by atoms with Crippen molar-refractivity contribution >= 4 is 39.1 Å². The molecular formula is C15H13BrClNO2. The van der Waals surface area contributed by atoms with Crippen LogP contribution in [0.4, 0.5) is 5.69 Å². The molecule has 0 unspecified atom stereocenters. The lowest BCUT2D eigenvalue weighted by atomic mass is 10.1. The van der Waals surface area contributed by atoms with Gasteiger partial charge in [0.1, 0.15) is 0 Å². The molecule has 0 spiro atoms. The van der Waals surface area contributed by atoms with Crippen molar-refractivity contribution in [3.05, 3.63) is 63.1 Å². The van der Waals surface area contributed by atoms with Crippen LogP contribution in [0.15, 0.2) is 46.9 Å². The molecule has 0 aliphatic heterocycles. The molecule has 0 saturated heterocycles. The van der Waals surface area contributed by atoms with Crippen molar-refractivity contribution in [1.82, 2.24) is 0 Å². The van der Waals surface area contributed by atoms with E-state index in [2.05, 4.69) is 21.2 Å². The van der Waals surface area contributed by atoms with Crippen LogP contribution >= 0.6 is 27.5 Å². The molecule has 0 saturated carbocycles. The minimum atomic E-state index is -0.258. The zero-order valence-corrected chi connectivity index (χ0v) is 12.9. The lowest BCUT2D eigenvalue weighted by Gasteiger charge is -2.08. The summed E-state index contributed by atoms with van der Waals surface area (Å²) < 4.78 is 0.797. The van der Waals surface area contributed by atoms with Crippen molar-refractivity contribution < 1.29 is 9.90 Å². The molecule has 0 radical (unpaired) electrons. The molecule has 20 heavy (non-hydrogen) atoms. The number of hydrogen-bond donors (Lipinski definition) is 2. The number of aliphatic hydroxyl groups excluding tert-OH is 1. The number of aliphatic hydroxyl groups is 1. The van der Waals surface area contributed by atoms with Gasteiger partial charge in [0.25, 0.3) is 5.91 Å². The normalized spacial score (nSPS) is 10.3. The third-order valence-electron chi connectivity index (χ3n) is 2.79. The number of anilines is 1. The summed E-state index contributed by atoms with van der Waals surface area (Å²) in [6, 6.07) is 12.5. The second-order valence-electron chi connectivity index (χ2n) is 4.25. The lowest BCUT2D eigenvalue weighted by Crippen LogP contribution is -2.12. The van der Waals surface area contributed by atoms with Crippen LogP contribution in [0.3, 0.4) is 0 Å². The number of carbonyl (C=O) groups is 1. The second-order valence-corrected chi connectivity index (χ2v) is 5.57. The molecule has 2 aromatic carbocycles. The highest BCUT2D eigenvalue weighted by Gasteiger charge is 2.11. The van der Waals surface area contributed by atoms with Gasteiger partial charge in [0.15, 0.2) is 0 Å². The van der Waals surface area contributed by atoms with Crippen LogP contribution in [-0.2, 0) is 6.42 Å². The van der Waals surface area contributed by atoms with Gasteiger partial charge < -0.3 is 10.4 Å².